The molecule has 0 aliphatic rings. The van der Waals surface area contributed by atoms with Gasteiger partial charge in [0.25, 0.3) is 0 Å². The van der Waals surface area contributed by atoms with Gasteiger partial charge in [-0.15, -0.1) is 0 Å². The Morgan fingerprint density at radius 3 is 0.739 bits per heavy atom. The SMILES string of the molecule is CCCCCCCCCCCCCCCCC(=O)OC[C@H](COP(=O)(O)OC[C@@H](O)COP(=O)(O)OC[C@@H](COC(=O)CCCCCCCCCC(C)C)OC(=O)CCCCCCCCCCC(C)C)OC(=O)CCCCCCCCCCCCCCCCC(C)C. The van der Waals surface area contributed by atoms with Gasteiger partial charge in [-0.3, -0.25) is 37.3 Å². The van der Waals surface area contributed by atoms with Crippen molar-refractivity contribution in [1.82, 2.24) is 0 Å². The summed E-state index contributed by atoms with van der Waals surface area (Å²) in [5, 5.41) is 10.6. The van der Waals surface area contributed by atoms with Gasteiger partial charge in [0, 0.05) is 25.7 Å². The molecule has 0 saturated carbocycles. The van der Waals surface area contributed by atoms with Gasteiger partial charge in [0.15, 0.2) is 12.2 Å². The molecule has 0 heterocycles. The van der Waals surface area contributed by atoms with Gasteiger partial charge in [0.2, 0.25) is 0 Å². The van der Waals surface area contributed by atoms with Crippen LogP contribution in [0.1, 0.15) is 370 Å². The molecule has 92 heavy (non-hydrogen) atoms. The van der Waals surface area contributed by atoms with Crippen LogP contribution in [0.25, 0.3) is 0 Å². The monoisotopic (exact) mass is 1350 g/mol. The van der Waals surface area contributed by atoms with Crippen molar-refractivity contribution in [1.29, 1.82) is 0 Å². The summed E-state index contributed by atoms with van der Waals surface area (Å²) in [5.41, 5.74) is 0. The van der Waals surface area contributed by atoms with E-state index in [0.717, 1.165) is 108 Å². The molecule has 5 atom stereocenters. The molecule has 0 aromatic carbocycles. The number of aliphatic hydroxyl groups is 1. The van der Waals surface area contributed by atoms with Gasteiger partial charge in [-0.05, 0) is 43.4 Å². The Morgan fingerprint density at radius 1 is 0.293 bits per heavy atom. The van der Waals surface area contributed by atoms with E-state index in [1.165, 1.54) is 173 Å². The highest BCUT2D eigenvalue weighted by atomic mass is 31.2. The lowest BCUT2D eigenvalue weighted by molar-refractivity contribution is -0.161. The van der Waals surface area contributed by atoms with Crippen LogP contribution >= 0.6 is 15.6 Å². The van der Waals surface area contributed by atoms with E-state index in [-0.39, 0.29) is 25.7 Å². The third-order valence-electron chi connectivity index (χ3n) is 16.9. The van der Waals surface area contributed by atoms with Crippen molar-refractivity contribution >= 4 is 39.5 Å². The third-order valence-corrected chi connectivity index (χ3v) is 18.8. The Labute approximate surface area is 562 Å². The minimum atomic E-state index is -4.95. The van der Waals surface area contributed by atoms with Gasteiger partial charge in [0.1, 0.15) is 19.3 Å². The van der Waals surface area contributed by atoms with E-state index in [4.69, 9.17) is 37.0 Å². The average molecular weight is 1350 g/mol. The number of carbonyl (C=O) groups excluding carboxylic acids is 4. The number of carbonyl (C=O) groups is 4. The van der Waals surface area contributed by atoms with Crippen LogP contribution in [0, 0.1) is 17.8 Å². The Morgan fingerprint density at radius 2 is 0.500 bits per heavy atom. The van der Waals surface area contributed by atoms with E-state index >= 15 is 0 Å². The standard InChI is InChI=1S/C73H142O17P2/c1-8-9-10-11-12-13-14-15-19-22-25-33-40-47-54-70(75)83-60-68(89-72(77)56-49-42-34-26-23-20-17-16-18-21-24-30-37-44-51-64(2)3)62-87-91(79,80)85-58-67(74)59-86-92(81,82)88-63-69(61-84-71(76)55-48-41-36-29-32-39-46-53-66(6)7)90-73(78)57-50-43-35-28-27-31-38-45-52-65(4)5/h64-69,74H,8-63H2,1-7H3,(H,79,80)(H,81,82)/t67-,68-,69-/m1/s1. The fourth-order valence-corrected chi connectivity index (χ4v) is 12.7. The van der Waals surface area contributed by atoms with Gasteiger partial charge < -0.3 is 33.8 Å². The first-order valence-corrected chi connectivity index (χ1v) is 40.8. The first-order valence-electron chi connectivity index (χ1n) is 37.8. The highest BCUT2D eigenvalue weighted by Crippen LogP contribution is 2.45. The quantitative estimate of drug-likeness (QED) is 0.0222. The third kappa shape index (κ3) is 66.7. The number of aliphatic hydroxyl groups excluding tert-OH is 1. The fourth-order valence-electron chi connectivity index (χ4n) is 11.1. The summed E-state index contributed by atoms with van der Waals surface area (Å²) in [6.07, 6.45) is 48.7. The van der Waals surface area contributed by atoms with Crippen LogP contribution in [0.3, 0.4) is 0 Å². The molecule has 0 aromatic rings. The second-order valence-corrected chi connectivity index (χ2v) is 30.7. The molecule has 0 spiro atoms. The number of hydrogen-bond acceptors (Lipinski definition) is 15. The number of rotatable bonds is 71. The van der Waals surface area contributed by atoms with Crippen LogP contribution in [-0.4, -0.2) is 96.7 Å². The second kappa shape index (κ2) is 63.8. The molecular formula is C73H142O17P2. The van der Waals surface area contributed by atoms with Crippen molar-refractivity contribution < 1.29 is 80.2 Å². The minimum Gasteiger partial charge on any atom is -0.462 e. The largest absolute Gasteiger partial charge is 0.472 e. The number of esters is 4. The van der Waals surface area contributed by atoms with Crippen molar-refractivity contribution in [2.75, 3.05) is 39.6 Å². The van der Waals surface area contributed by atoms with Crippen molar-refractivity contribution in [2.24, 2.45) is 17.8 Å². The molecule has 19 heteroatoms. The Bertz CT molecular complexity index is 1800. The van der Waals surface area contributed by atoms with Crippen LogP contribution in [-0.2, 0) is 65.4 Å². The van der Waals surface area contributed by atoms with Gasteiger partial charge >= 0.3 is 39.5 Å². The molecule has 0 radical (unpaired) electrons. The summed E-state index contributed by atoms with van der Waals surface area (Å²) in [6, 6.07) is 0. The molecule has 0 aromatic heterocycles. The van der Waals surface area contributed by atoms with Gasteiger partial charge in [-0.1, -0.05) is 318 Å². The second-order valence-electron chi connectivity index (χ2n) is 27.8. The summed E-state index contributed by atoms with van der Waals surface area (Å²) in [6.45, 7) is 11.8. The zero-order valence-corrected chi connectivity index (χ0v) is 61.8. The predicted octanol–water partition coefficient (Wildman–Crippen LogP) is 21.0. The van der Waals surface area contributed by atoms with Crippen molar-refractivity contribution in [3.05, 3.63) is 0 Å². The minimum absolute atomic E-state index is 0.104. The van der Waals surface area contributed by atoms with Gasteiger partial charge in [-0.25, -0.2) is 9.13 Å². The Balaban J connectivity index is 5.24. The molecule has 0 bridgehead atoms. The van der Waals surface area contributed by atoms with Crippen molar-refractivity contribution in [2.45, 2.75) is 388 Å². The molecule has 0 fully saturated rings. The van der Waals surface area contributed by atoms with E-state index in [9.17, 15) is 43.2 Å². The first-order chi connectivity index (χ1) is 44.2. The Hall–Kier alpha value is -1.94. The summed E-state index contributed by atoms with van der Waals surface area (Å²) in [7, 11) is -9.91. The average Bonchev–Trinajstić information content (AvgIpc) is 1.71. The number of ether oxygens (including phenoxy) is 4. The van der Waals surface area contributed by atoms with E-state index < -0.39 is 97.5 Å². The van der Waals surface area contributed by atoms with Crippen LogP contribution in [0.4, 0.5) is 0 Å². The summed E-state index contributed by atoms with van der Waals surface area (Å²) in [5.74, 6) is 0.0950. The predicted molar refractivity (Wildman–Crippen MR) is 372 cm³/mol. The highest BCUT2D eigenvalue weighted by molar-refractivity contribution is 7.47. The number of unbranched alkanes of at least 4 members (excludes halogenated alkanes) is 39. The molecule has 0 amide bonds. The first kappa shape index (κ1) is 90.1. The lowest BCUT2D eigenvalue weighted by atomic mass is 10.0. The van der Waals surface area contributed by atoms with Crippen molar-refractivity contribution in [3.63, 3.8) is 0 Å². The van der Waals surface area contributed by atoms with E-state index in [2.05, 4.69) is 48.5 Å². The van der Waals surface area contributed by atoms with E-state index in [1.54, 1.807) is 0 Å². The van der Waals surface area contributed by atoms with E-state index in [1.807, 2.05) is 0 Å². The molecule has 3 N–H and O–H groups in total. The maximum Gasteiger partial charge on any atom is 0.472 e. The van der Waals surface area contributed by atoms with Crippen LogP contribution in [0.5, 0.6) is 0 Å². The van der Waals surface area contributed by atoms with Crippen molar-refractivity contribution in [3.8, 4) is 0 Å². The molecular weight excluding hydrogens is 1210 g/mol. The molecule has 0 aliphatic heterocycles. The van der Waals surface area contributed by atoms with E-state index in [0.29, 0.717) is 31.6 Å². The van der Waals surface area contributed by atoms with Crippen LogP contribution in [0.2, 0.25) is 0 Å². The maximum atomic E-state index is 13.1. The number of phosphoric ester groups is 2. The van der Waals surface area contributed by atoms with Gasteiger partial charge in [-0.2, -0.15) is 0 Å². The lowest BCUT2D eigenvalue weighted by Gasteiger charge is -2.21. The summed E-state index contributed by atoms with van der Waals surface area (Å²) < 4.78 is 68.4. The van der Waals surface area contributed by atoms with Gasteiger partial charge in [0.05, 0.1) is 26.4 Å². The molecule has 546 valence electrons. The molecule has 0 saturated heterocycles. The maximum absolute atomic E-state index is 13.1. The summed E-state index contributed by atoms with van der Waals surface area (Å²) in [4.78, 5) is 72.6. The zero-order valence-electron chi connectivity index (χ0n) is 60.0. The van der Waals surface area contributed by atoms with Crippen LogP contribution in [0.15, 0.2) is 0 Å². The molecule has 0 rings (SSSR count). The number of phosphoric acid groups is 2. The highest BCUT2D eigenvalue weighted by Gasteiger charge is 2.30. The molecule has 0 aliphatic carbocycles. The topological polar surface area (TPSA) is 237 Å². The normalized spacial score (nSPS) is 14.1. The smallest absolute Gasteiger partial charge is 0.462 e. The Kier molecular flexibility index (Phi) is 62.4. The number of hydrogen-bond donors (Lipinski definition) is 3. The lowest BCUT2D eigenvalue weighted by Crippen LogP contribution is -2.30. The summed E-state index contributed by atoms with van der Waals surface area (Å²) >= 11 is 0. The fraction of sp³-hybridized carbons (Fsp3) is 0.945. The molecule has 17 nitrogen and oxygen atoms in total. The van der Waals surface area contributed by atoms with Crippen LogP contribution < -0.4 is 0 Å². The molecule has 2 unspecified atom stereocenters. The zero-order chi connectivity index (χ0) is 68.0.